The van der Waals surface area contributed by atoms with Crippen molar-refractivity contribution in [1.29, 1.82) is 0 Å². The predicted octanol–water partition coefficient (Wildman–Crippen LogP) is 4.10. The normalized spacial score (nSPS) is 10.1. The van der Waals surface area contributed by atoms with Gasteiger partial charge in [-0.1, -0.05) is 45.0 Å². The number of nitrogens with zero attached hydrogens (tertiary/aromatic N) is 1. The largest absolute Gasteiger partial charge is 0.494 e. The first kappa shape index (κ1) is 145. The molecule has 1 saturated heterocycles. The quantitative estimate of drug-likeness (QED) is 0.424. The van der Waals surface area contributed by atoms with Gasteiger partial charge in [-0.05, 0) is 56.3 Å². The molecule has 0 unspecified atom stereocenters. The summed E-state index contributed by atoms with van der Waals surface area (Å²) in [6, 6.07) is 12.6. The number of aromatic nitrogens is 1. The number of rotatable bonds is 2. The summed E-state index contributed by atoms with van der Waals surface area (Å²) >= 11 is 9.66. The second kappa shape index (κ2) is 117. The first-order chi connectivity index (χ1) is 62.9. The molecule has 0 saturated carbocycles. The molecule has 1 aromatic carbocycles. The standard InChI is InChI=1S/C21H28BNO2.S103/c1-19(2,3)16-12-13-23-18(14-16)15-8-10-17(11-9-15)22-24-20(4,5)21(6,7)25-22;1-3-5-7-9-11-13-15-17-19-21-23-25-27-29-31-33-35-37-39-41-43-45-47-49-51-53-55-57-59-61-63-65-67-69-71-73-75-77-79-81-83-85-87-89-91-93-95-97-99-101-103-102-100-98-96-94-92-90-88-86-84-82-80-78-76-74-72-70-68-66-64-62-60-58-56-54-52-50-48-46-44-42-40-38-36-34-32-30-28-26-24-22-20-18-16-14-12-10-8-6-4-2/h8-14H,1-7H3;. The highest BCUT2D eigenvalue weighted by molar-refractivity contribution is 8.88. The molecule has 1 aliphatic heterocycles. The summed E-state index contributed by atoms with van der Waals surface area (Å²) in [6.45, 7) is 14.9. The highest BCUT2D eigenvalue weighted by Crippen LogP contribution is 2.36. The van der Waals surface area contributed by atoms with Gasteiger partial charge in [0.05, 0.1) is 16.9 Å². The first-order valence-electron chi connectivity index (χ1n) is 25.9. The van der Waals surface area contributed by atoms with Crippen LogP contribution in [0.25, 0.3) is 11.3 Å². The molecule has 0 bridgehead atoms. The Labute approximate surface area is 1040 Å². The van der Waals surface area contributed by atoms with E-state index in [0.29, 0.717) is 0 Å². The lowest BCUT2D eigenvalue weighted by Crippen LogP contribution is -2.41. The van der Waals surface area contributed by atoms with E-state index in [9.17, 15) is 0 Å². The Bertz CT molecular complexity index is 9190. The van der Waals surface area contributed by atoms with Crippen LogP contribution in [0.3, 0.4) is 0 Å². The SMILES string of the molecule is CC(C)(C)c1ccnc(-c2ccc(B3OC(C)(C)C(C)(C)O3)cc2)c1.S=S=S=S=S=S=S=S=S=S=S=S=S=S=S=S=S=S=S=S=S=S=S=S=S=S=S=S=S=S=S=S=S=S=S=S=S=S=S=S=S=S=S=S=S=S=S=S=S=S=S=S=S=S=S=S=S=S=S=S=S=S=S=S=S=S=S=S=S=S=S=S=S=S=S=S=S=S=S=S=S=S=S=S=S=S=S=S=S=S=S=S=S=S=S=S=S=S=S=S=S=S=S. The van der Waals surface area contributed by atoms with Crippen LogP contribution in [0.5, 0.6) is 0 Å². The molecule has 0 aliphatic carbocycles. The summed E-state index contributed by atoms with van der Waals surface area (Å²) < 4.78 is 12.2. The molecule has 0 atom stereocenters. The van der Waals surface area contributed by atoms with E-state index >= 15 is 0 Å². The topological polar surface area (TPSA) is 31.4 Å². The minimum Gasteiger partial charge on any atom is -0.399 e. The van der Waals surface area contributed by atoms with Crippen molar-refractivity contribution in [3.63, 3.8) is 0 Å². The minimum absolute atomic E-state index is 0.111. The average molecular weight is 3640 g/mol. The van der Waals surface area contributed by atoms with Crippen molar-refractivity contribution >= 4 is 932 Å². The first-order valence-corrected chi connectivity index (χ1v) is 162. The fraction of sp³-hybridized carbons (Fsp3) is 0.476. The predicted molar refractivity (Wildman–Crippen MR) is 863 cm³/mol. The number of pyridine rings is 1. The summed E-state index contributed by atoms with van der Waals surface area (Å²) in [5.74, 6) is 0. The molecule has 128 heavy (non-hydrogen) atoms. The van der Waals surface area contributed by atoms with Gasteiger partial charge in [-0.25, -0.2) is 0 Å². The van der Waals surface area contributed by atoms with Crippen LogP contribution < -0.4 is 5.46 Å². The van der Waals surface area contributed by atoms with E-state index in [-0.39, 0.29) is 23.7 Å². The van der Waals surface area contributed by atoms with Crippen LogP contribution in [0, 0.1) is 0 Å². The Hall–Kier alpha value is 21.0. The van der Waals surface area contributed by atoms with Gasteiger partial charge >= 0.3 is 7.12 Å². The van der Waals surface area contributed by atoms with E-state index in [1.165, 1.54) is 23.3 Å². The minimum atomic E-state index is -0.326. The van der Waals surface area contributed by atoms with Crippen molar-refractivity contribution < 1.29 is 9.31 Å². The third-order valence-corrected chi connectivity index (χ3v) is 230. The van der Waals surface area contributed by atoms with Crippen LogP contribution in [0.15, 0.2) is 42.6 Å². The van der Waals surface area contributed by atoms with Gasteiger partial charge in [0.1, 0.15) is 0 Å². The van der Waals surface area contributed by atoms with E-state index < -0.39 is 0 Å². The fourth-order valence-electron chi connectivity index (χ4n) is 3.97. The Morgan fingerprint density at radius 3 is 0.469 bits per heavy atom. The van der Waals surface area contributed by atoms with Gasteiger partial charge in [-0.3, -0.25) is 4.98 Å². The number of hydrogen-bond acceptors (Lipinski definition) is 5. The highest BCUT2D eigenvalue weighted by Gasteiger charge is 2.51. The van der Waals surface area contributed by atoms with E-state index in [0.717, 1.165) is 16.7 Å². The summed E-state index contributed by atoms with van der Waals surface area (Å²) in [7, 11) is 183. The Balaban J connectivity index is 0.00000187. The summed E-state index contributed by atoms with van der Waals surface area (Å²) in [6.07, 6.45) is 1.89. The Morgan fingerprint density at radius 2 is 0.344 bits per heavy atom. The molecule has 0 spiro atoms. The van der Waals surface area contributed by atoms with Crippen LogP contribution in [-0.4, -0.2) is 23.3 Å². The van der Waals surface area contributed by atoms with Crippen LogP contribution in [0.1, 0.15) is 54.0 Å². The van der Waals surface area contributed by atoms with Crippen molar-refractivity contribution in [2.75, 3.05) is 0 Å². The van der Waals surface area contributed by atoms with Gasteiger partial charge in [0, 0.05) is 931 Å². The maximum atomic E-state index is 6.12. The molecule has 2 aromatic rings. The number of hydrogen-bond donors (Lipinski definition) is 0. The van der Waals surface area contributed by atoms with Crippen molar-refractivity contribution in [1.82, 2.24) is 4.98 Å². The molecule has 1 aromatic heterocycles. The smallest absolute Gasteiger partial charge is 0.399 e. The molecular formula is C21H28BNO2S103. The lowest BCUT2D eigenvalue weighted by Gasteiger charge is -2.32. The molecule has 750 valence electrons. The second-order valence-electron chi connectivity index (χ2n) is 15.8. The van der Waals surface area contributed by atoms with Crippen LogP contribution in [0.2, 0.25) is 0 Å². The van der Waals surface area contributed by atoms with Gasteiger partial charge in [-0.2, -0.15) is 0 Å². The summed E-state index contributed by atoms with van der Waals surface area (Å²) in [5, 5.41) is 0. The molecule has 0 N–H and O–H groups in total. The van der Waals surface area contributed by atoms with E-state index in [1.807, 2.05) is 779 Å². The Kier molecular flexibility index (Phi) is 133. The van der Waals surface area contributed by atoms with Gasteiger partial charge in [0.15, 0.2) is 0 Å². The maximum absolute atomic E-state index is 6.12. The van der Waals surface area contributed by atoms with Gasteiger partial charge in [0.2, 0.25) is 0 Å². The lowest BCUT2D eigenvalue weighted by atomic mass is 9.78. The zero-order chi connectivity index (χ0) is 91.9. The molecule has 3 nitrogen and oxygen atoms in total. The molecule has 1 fully saturated rings. The van der Waals surface area contributed by atoms with Crippen molar-refractivity contribution in [3.05, 3.63) is 48.2 Å². The van der Waals surface area contributed by atoms with Crippen LogP contribution >= 0.6 is 0 Å². The lowest BCUT2D eigenvalue weighted by molar-refractivity contribution is 0.00578. The molecule has 1 aliphatic rings. The van der Waals surface area contributed by atoms with Crippen LogP contribution in [0.4, 0.5) is 0 Å². The maximum Gasteiger partial charge on any atom is 0.494 e. The van der Waals surface area contributed by atoms with Gasteiger partial charge in [0.25, 0.3) is 0 Å². The van der Waals surface area contributed by atoms with Crippen molar-refractivity contribution in [3.8, 4) is 11.3 Å². The average Bonchev–Trinajstić information content (AvgIpc) is 1.62. The Morgan fingerprint density at radius 1 is 0.211 bits per heavy atom. The molecular weight excluding hydrogens is 3610 g/mol. The zero-order valence-corrected chi connectivity index (χ0v) is 143. The summed E-state index contributed by atoms with van der Waals surface area (Å²) in [4.78, 5) is 4.53. The van der Waals surface area contributed by atoms with Crippen molar-refractivity contribution in [2.24, 2.45) is 0 Å². The second-order valence-corrected chi connectivity index (χ2v) is 194. The van der Waals surface area contributed by atoms with E-state index in [2.05, 4.69) is 89.8 Å². The summed E-state index contributed by atoms with van der Waals surface area (Å²) in [5.41, 5.74) is 3.89. The monoisotopic (exact) mass is 3630 g/mol. The van der Waals surface area contributed by atoms with E-state index in [1.54, 1.807) is 107 Å². The third-order valence-electron chi connectivity index (χ3n) is 8.14. The molecule has 2 heterocycles. The molecule has 0 radical (unpaired) electrons. The van der Waals surface area contributed by atoms with Gasteiger partial charge < -0.3 is 9.31 Å². The molecule has 107 heteroatoms. The molecule has 3 rings (SSSR count). The molecule has 0 amide bonds. The van der Waals surface area contributed by atoms with Gasteiger partial charge in [-0.15, -0.1) is 0 Å². The number of benzene rings is 1. The zero-order valence-electron chi connectivity index (χ0n) is 58.4. The highest BCUT2D eigenvalue weighted by atomic mass is 33.6. The van der Waals surface area contributed by atoms with E-state index in [4.69, 9.17) is 31.7 Å². The third kappa shape index (κ3) is 104. The van der Waals surface area contributed by atoms with Crippen LogP contribution in [-0.2, 0) is 934 Å². The fourth-order valence-corrected chi connectivity index (χ4v) is 276. The van der Waals surface area contributed by atoms with Crippen molar-refractivity contribution in [2.45, 2.75) is 65.1 Å².